The van der Waals surface area contributed by atoms with Crippen LogP contribution >= 0.6 is 0 Å². The summed E-state index contributed by atoms with van der Waals surface area (Å²) in [5.41, 5.74) is 3.21. The third kappa shape index (κ3) is 9.87. The number of rotatable bonds is 12. The van der Waals surface area contributed by atoms with Gasteiger partial charge in [-0.05, 0) is 70.8 Å². The van der Waals surface area contributed by atoms with E-state index in [1.54, 1.807) is 24.3 Å². The first kappa shape index (κ1) is 33.2. The van der Waals surface area contributed by atoms with Crippen molar-refractivity contribution < 1.29 is 37.4 Å². The first-order valence-corrected chi connectivity index (χ1v) is 14.0. The number of carboxylic acids is 1. The van der Waals surface area contributed by atoms with Gasteiger partial charge in [-0.15, -0.1) is 13.2 Å². The van der Waals surface area contributed by atoms with Gasteiger partial charge in [0.1, 0.15) is 5.75 Å². The molecule has 0 bridgehead atoms. The van der Waals surface area contributed by atoms with Gasteiger partial charge in [0.15, 0.2) is 0 Å². The number of alkyl halides is 3. The van der Waals surface area contributed by atoms with Gasteiger partial charge in [-0.2, -0.15) is 0 Å². The van der Waals surface area contributed by atoms with Crippen molar-refractivity contribution in [2.45, 2.75) is 70.6 Å². The molecular weight excluding hydrogens is 561 g/mol. The van der Waals surface area contributed by atoms with Crippen LogP contribution in [0.4, 0.5) is 18.9 Å². The second kappa shape index (κ2) is 14.2. The van der Waals surface area contributed by atoms with E-state index in [1.165, 1.54) is 24.3 Å². The van der Waals surface area contributed by atoms with Crippen molar-refractivity contribution >= 4 is 23.5 Å². The minimum Gasteiger partial charge on any atom is -0.481 e. The van der Waals surface area contributed by atoms with Gasteiger partial charge >= 0.3 is 12.3 Å². The van der Waals surface area contributed by atoms with E-state index in [1.807, 2.05) is 31.2 Å². The molecule has 230 valence electrons. The first-order chi connectivity index (χ1) is 20.2. The normalized spacial score (nSPS) is 13.1. The fourth-order valence-electron chi connectivity index (χ4n) is 4.82. The Balaban J connectivity index is 1.95. The van der Waals surface area contributed by atoms with E-state index < -0.39 is 29.9 Å². The maximum absolute atomic E-state index is 13.9. The predicted molar refractivity (Wildman–Crippen MR) is 158 cm³/mol. The first-order valence-electron chi connectivity index (χ1n) is 14.0. The third-order valence-corrected chi connectivity index (χ3v) is 7.00. The molecule has 0 spiro atoms. The number of carboxylic acid groups (broad SMARTS) is 1. The van der Waals surface area contributed by atoms with Crippen molar-refractivity contribution in [3.05, 3.63) is 95.1 Å². The summed E-state index contributed by atoms with van der Waals surface area (Å²) in [6.45, 7) is 8.22. The minimum absolute atomic E-state index is 0.0125. The van der Waals surface area contributed by atoms with Crippen molar-refractivity contribution in [3.8, 4) is 5.75 Å². The monoisotopic (exact) mass is 598 g/mol. The highest BCUT2D eigenvalue weighted by atomic mass is 19.4. The minimum atomic E-state index is -4.84. The number of anilines is 1. The molecule has 0 heterocycles. The second-order valence-corrected chi connectivity index (χ2v) is 11.3. The third-order valence-electron chi connectivity index (χ3n) is 7.00. The zero-order valence-electron chi connectivity index (χ0n) is 24.6. The van der Waals surface area contributed by atoms with Crippen LogP contribution in [0.3, 0.4) is 0 Å². The largest absolute Gasteiger partial charge is 0.573 e. The van der Waals surface area contributed by atoms with Crippen LogP contribution in [0.1, 0.15) is 85.8 Å². The second-order valence-electron chi connectivity index (χ2n) is 11.3. The SMILES string of the molecule is CCC[C@@H](c1ccc(C(=O)NCCC(=O)O)cc1)[C@H](C(=O)Nc1ccc(C(C)(C)C)cc1)c1ccc(OC(F)(F)F)cc1. The van der Waals surface area contributed by atoms with E-state index in [0.29, 0.717) is 29.7 Å². The van der Waals surface area contributed by atoms with Gasteiger partial charge in [-0.3, -0.25) is 14.4 Å². The van der Waals surface area contributed by atoms with Gasteiger partial charge in [0.25, 0.3) is 5.91 Å². The Bertz CT molecular complexity index is 1380. The lowest BCUT2D eigenvalue weighted by molar-refractivity contribution is -0.274. The van der Waals surface area contributed by atoms with E-state index in [9.17, 15) is 27.6 Å². The number of halogens is 3. The summed E-state index contributed by atoms with van der Waals surface area (Å²) in [7, 11) is 0. The average molecular weight is 599 g/mol. The molecule has 0 radical (unpaired) electrons. The molecule has 0 aliphatic rings. The zero-order valence-corrected chi connectivity index (χ0v) is 24.6. The summed E-state index contributed by atoms with van der Waals surface area (Å²) < 4.78 is 42.4. The number of carbonyl (C=O) groups is 3. The molecule has 43 heavy (non-hydrogen) atoms. The Morgan fingerprint density at radius 2 is 1.44 bits per heavy atom. The fourth-order valence-corrected chi connectivity index (χ4v) is 4.82. The smallest absolute Gasteiger partial charge is 0.481 e. The van der Waals surface area contributed by atoms with Gasteiger partial charge in [-0.1, -0.05) is 70.5 Å². The quantitative estimate of drug-likeness (QED) is 0.202. The number of aliphatic carboxylic acids is 1. The van der Waals surface area contributed by atoms with E-state index in [2.05, 4.69) is 36.1 Å². The van der Waals surface area contributed by atoms with Crippen LogP contribution in [0.25, 0.3) is 0 Å². The van der Waals surface area contributed by atoms with Crippen molar-refractivity contribution in [1.82, 2.24) is 5.32 Å². The molecule has 0 aliphatic carbocycles. The molecule has 0 unspecified atom stereocenters. The number of nitrogens with one attached hydrogen (secondary N) is 2. The lowest BCUT2D eigenvalue weighted by atomic mass is 9.78. The molecule has 0 saturated heterocycles. The highest BCUT2D eigenvalue weighted by molar-refractivity contribution is 5.97. The van der Waals surface area contributed by atoms with Crippen LogP contribution in [-0.4, -0.2) is 35.8 Å². The number of carbonyl (C=O) groups excluding carboxylic acids is 2. The Hall–Kier alpha value is -4.34. The number of hydrogen-bond donors (Lipinski definition) is 3. The fraction of sp³-hybridized carbons (Fsp3) is 0.364. The van der Waals surface area contributed by atoms with Crippen LogP contribution in [0.5, 0.6) is 5.75 Å². The van der Waals surface area contributed by atoms with Crippen LogP contribution in [0.15, 0.2) is 72.8 Å². The Kier molecular flexibility index (Phi) is 11.0. The number of hydrogen-bond acceptors (Lipinski definition) is 4. The Morgan fingerprint density at radius 3 is 1.95 bits per heavy atom. The van der Waals surface area contributed by atoms with E-state index in [0.717, 1.165) is 11.1 Å². The van der Waals surface area contributed by atoms with Gasteiger partial charge in [0.05, 0.1) is 12.3 Å². The molecule has 10 heteroatoms. The highest BCUT2D eigenvalue weighted by Gasteiger charge is 2.33. The van der Waals surface area contributed by atoms with Crippen LogP contribution < -0.4 is 15.4 Å². The van der Waals surface area contributed by atoms with Crippen molar-refractivity contribution in [2.75, 3.05) is 11.9 Å². The molecule has 3 aromatic carbocycles. The summed E-state index contributed by atoms with van der Waals surface area (Å²) in [5.74, 6) is -3.33. The standard InChI is InChI=1S/C33H37F3N2O5/c1-5-6-27(21-7-9-23(10-8-21)30(41)37-20-19-28(39)40)29(22-11-17-26(18-12-22)43-33(34,35)36)31(42)38-25-15-13-24(14-16-25)32(2,3)4/h7-18,27,29H,5-6,19-20H2,1-4H3,(H,37,41)(H,38,42)(H,39,40)/t27-,29+/m0/s1. The maximum Gasteiger partial charge on any atom is 0.573 e. The van der Waals surface area contributed by atoms with Crippen LogP contribution in [0.2, 0.25) is 0 Å². The number of benzene rings is 3. The predicted octanol–water partition coefficient (Wildman–Crippen LogP) is 7.39. The summed E-state index contributed by atoms with van der Waals surface area (Å²) >= 11 is 0. The molecule has 0 fully saturated rings. The van der Waals surface area contributed by atoms with E-state index in [-0.39, 0.29) is 30.2 Å². The van der Waals surface area contributed by atoms with Crippen molar-refractivity contribution in [2.24, 2.45) is 0 Å². The highest BCUT2D eigenvalue weighted by Crippen LogP contribution is 2.39. The molecular formula is C33H37F3N2O5. The number of ether oxygens (including phenoxy) is 1. The summed E-state index contributed by atoms with van der Waals surface area (Å²) in [6.07, 6.45) is -3.76. The van der Waals surface area contributed by atoms with Gasteiger partial charge in [0, 0.05) is 17.8 Å². The average Bonchev–Trinajstić information content (AvgIpc) is 2.92. The summed E-state index contributed by atoms with van der Waals surface area (Å²) in [5, 5.41) is 14.3. The van der Waals surface area contributed by atoms with E-state index >= 15 is 0 Å². The molecule has 2 amide bonds. The molecule has 3 N–H and O–H groups in total. The Labute approximate surface area is 249 Å². The van der Waals surface area contributed by atoms with Gasteiger partial charge < -0.3 is 20.5 Å². The molecule has 3 rings (SSSR count). The molecule has 2 atom stereocenters. The van der Waals surface area contributed by atoms with Gasteiger partial charge in [-0.25, -0.2) is 0 Å². The molecule has 0 aliphatic heterocycles. The molecule has 3 aromatic rings. The molecule has 0 saturated carbocycles. The topological polar surface area (TPSA) is 105 Å². The van der Waals surface area contributed by atoms with E-state index in [4.69, 9.17) is 5.11 Å². The number of amides is 2. The maximum atomic E-state index is 13.9. The zero-order chi connectivity index (χ0) is 31.8. The van der Waals surface area contributed by atoms with Crippen molar-refractivity contribution in [1.29, 1.82) is 0 Å². The summed E-state index contributed by atoms with van der Waals surface area (Å²) in [4.78, 5) is 37.1. The van der Waals surface area contributed by atoms with Crippen LogP contribution in [-0.2, 0) is 15.0 Å². The molecule has 0 aromatic heterocycles. The van der Waals surface area contributed by atoms with Crippen LogP contribution in [0, 0.1) is 0 Å². The Morgan fingerprint density at radius 1 is 0.860 bits per heavy atom. The lowest BCUT2D eigenvalue weighted by Crippen LogP contribution is -2.27. The molecule has 7 nitrogen and oxygen atoms in total. The lowest BCUT2D eigenvalue weighted by Gasteiger charge is -2.28. The van der Waals surface area contributed by atoms with Crippen molar-refractivity contribution in [3.63, 3.8) is 0 Å². The summed E-state index contributed by atoms with van der Waals surface area (Å²) in [6, 6.07) is 19.5. The van der Waals surface area contributed by atoms with Gasteiger partial charge in [0.2, 0.25) is 5.91 Å².